The van der Waals surface area contributed by atoms with Crippen molar-refractivity contribution in [2.75, 3.05) is 13.2 Å². The van der Waals surface area contributed by atoms with Crippen molar-refractivity contribution in [3.8, 4) is 0 Å². The molecular formula is C8H12F3NO5. The summed E-state index contributed by atoms with van der Waals surface area (Å²) in [5.41, 5.74) is 0. The summed E-state index contributed by atoms with van der Waals surface area (Å²) in [6.45, 7) is -1.42. The van der Waals surface area contributed by atoms with Crippen molar-refractivity contribution in [2.45, 2.75) is 25.2 Å². The van der Waals surface area contributed by atoms with Crippen molar-refractivity contribution in [3.63, 3.8) is 0 Å². The number of aliphatic hydroxyl groups is 1. The van der Waals surface area contributed by atoms with E-state index in [4.69, 9.17) is 10.2 Å². The Morgan fingerprint density at radius 2 is 1.94 bits per heavy atom. The predicted octanol–water partition coefficient (Wildman–Crippen LogP) is -0.485. The largest absolute Gasteiger partial charge is 0.480 e. The number of rotatable bonds is 6. The molecule has 0 aromatic heterocycles. The van der Waals surface area contributed by atoms with Crippen LogP contribution in [0.25, 0.3) is 0 Å². The van der Waals surface area contributed by atoms with E-state index < -0.39 is 43.4 Å². The maximum Gasteiger partial charge on any atom is 0.411 e. The van der Waals surface area contributed by atoms with E-state index in [1.807, 2.05) is 5.32 Å². The second kappa shape index (κ2) is 6.40. The van der Waals surface area contributed by atoms with Crippen molar-refractivity contribution < 1.29 is 37.7 Å². The van der Waals surface area contributed by atoms with E-state index >= 15 is 0 Å². The number of hydrogen-bond donors (Lipinski definition) is 3. The summed E-state index contributed by atoms with van der Waals surface area (Å²) in [7, 11) is 0. The van der Waals surface area contributed by atoms with Crippen LogP contribution >= 0.6 is 0 Å². The molecule has 1 amide bonds. The van der Waals surface area contributed by atoms with Gasteiger partial charge in [-0.25, -0.2) is 4.79 Å². The monoisotopic (exact) mass is 259 g/mol. The molecule has 0 radical (unpaired) electrons. The third-order valence-electron chi connectivity index (χ3n) is 1.56. The Morgan fingerprint density at radius 1 is 1.41 bits per heavy atom. The Hall–Kier alpha value is -1.35. The van der Waals surface area contributed by atoms with Crippen molar-refractivity contribution in [2.24, 2.45) is 0 Å². The van der Waals surface area contributed by atoms with Gasteiger partial charge in [0.15, 0.2) is 6.04 Å². The van der Waals surface area contributed by atoms with Crippen LogP contribution < -0.4 is 5.32 Å². The molecule has 0 fully saturated rings. The molecule has 2 unspecified atom stereocenters. The summed E-state index contributed by atoms with van der Waals surface area (Å²) in [4.78, 5) is 21.5. The Labute approximate surface area is 94.4 Å². The lowest BCUT2D eigenvalue weighted by atomic mass is 10.2. The summed E-state index contributed by atoms with van der Waals surface area (Å²) < 4.78 is 38.9. The van der Waals surface area contributed by atoms with Gasteiger partial charge in [-0.15, -0.1) is 0 Å². The zero-order chi connectivity index (χ0) is 13.6. The van der Waals surface area contributed by atoms with Gasteiger partial charge in [-0.2, -0.15) is 13.2 Å². The van der Waals surface area contributed by atoms with Crippen LogP contribution in [0.1, 0.15) is 6.92 Å². The normalized spacial score (nSPS) is 15.1. The zero-order valence-electron chi connectivity index (χ0n) is 8.82. The van der Waals surface area contributed by atoms with Crippen LogP contribution in [0.15, 0.2) is 0 Å². The predicted molar refractivity (Wildman–Crippen MR) is 48.1 cm³/mol. The molecule has 9 heteroatoms. The van der Waals surface area contributed by atoms with E-state index in [1.54, 1.807) is 0 Å². The third kappa shape index (κ3) is 7.53. The maximum atomic E-state index is 11.6. The summed E-state index contributed by atoms with van der Waals surface area (Å²) in [5, 5.41) is 19.3. The van der Waals surface area contributed by atoms with E-state index in [-0.39, 0.29) is 0 Å². The fourth-order valence-corrected chi connectivity index (χ4v) is 0.863. The van der Waals surface area contributed by atoms with Gasteiger partial charge in [-0.3, -0.25) is 4.79 Å². The highest BCUT2D eigenvalue weighted by Gasteiger charge is 2.29. The van der Waals surface area contributed by atoms with E-state index in [1.165, 1.54) is 0 Å². The maximum absolute atomic E-state index is 11.6. The second-order valence-electron chi connectivity index (χ2n) is 3.23. The van der Waals surface area contributed by atoms with Crippen LogP contribution in [0.4, 0.5) is 13.2 Å². The topological polar surface area (TPSA) is 95.9 Å². The molecule has 0 rings (SSSR count). The van der Waals surface area contributed by atoms with Gasteiger partial charge in [-0.05, 0) is 6.92 Å². The molecule has 2 atom stereocenters. The number of carboxylic acid groups (broad SMARTS) is 1. The first-order chi connectivity index (χ1) is 7.63. The summed E-state index contributed by atoms with van der Waals surface area (Å²) >= 11 is 0. The summed E-state index contributed by atoms with van der Waals surface area (Å²) in [5.74, 6) is -2.55. The minimum absolute atomic E-state index is 0.935. The summed E-state index contributed by atoms with van der Waals surface area (Å²) in [6.07, 6.45) is -5.93. The van der Waals surface area contributed by atoms with Crippen LogP contribution in [0.5, 0.6) is 0 Å². The number of hydrogen-bond acceptors (Lipinski definition) is 4. The molecule has 0 aliphatic heterocycles. The van der Waals surface area contributed by atoms with Crippen molar-refractivity contribution in [1.29, 1.82) is 0 Å². The molecule has 0 aromatic carbocycles. The van der Waals surface area contributed by atoms with Crippen LogP contribution in [-0.4, -0.2) is 53.6 Å². The number of aliphatic hydroxyl groups excluding tert-OH is 1. The standard InChI is InChI=1S/C8H12F3NO5/c1-4(13)6(7(15)16)12-5(14)2-17-3-8(9,10)11/h4,6,13H,2-3H2,1H3,(H,12,14)(H,15,16). The van der Waals surface area contributed by atoms with E-state index in [0.717, 1.165) is 6.92 Å². The fourth-order valence-electron chi connectivity index (χ4n) is 0.863. The van der Waals surface area contributed by atoms with Gasteiger partial charge < -0.3 is 20.3 Å². The minimum atomic E-state index is -4.56. The van der Waals surface area contributed by atoms with Crippen LogP contribution in [0, 0.1) is 0 Å². The number of carbonyl (C=O) groups excluding carboxylic acids is 1. The molecule has 0 spiro atoms. The number of ether oxygens (including phenoxy) is 1. The quantitative estimate of drug-likeness (QED) is 0.598. The molecule has 0 heterocycles. The van der Waals surface area contributed by atoms with Gasteiger partial charge in [0, 0.05) is 0 Å². The van der Waals surface area contributed by atoms with Gasteiger partial charge in [0.25, 0.3) is 0 Å². The molecule has 0 aromatic rings. The first kappa shape index (κ1) is 15.7. The third-order valence-corrected chi connectivity index (χ3v) is 1.56. The van der Waals surface area contributed by atoms with Gasteiger partial charge in [0.1, 0.15) is 13.2 Å². The number of carboxylic acids is 1. The Balaban J connectivity index is 4.04. The van der Waals surface area contributed by atoms with Gasteiger partial charge >= 0.3 is 12.1 Å². The number of halogens is 3. The van der Waals surface area contributed by atoms with Gasteiger partial charge in [0.2, 0.25) is 5.91 Å². The average molecular weight is 259 g/mol. The summed E-state index contributed by atoms with van der Waals surface area (Å²) in [6, 6.07) is -1.59. The zero-order valence-corrected chi connectivity index (χ0v) is 8.82. The smallest absolute Gasteiger partial charge is 0.411 e. The number of amides is 1. The molecule has 17 heavy (non-hydrogen) atoms. The van der Waals surface area contributed by atoms with Crippen LogP contribution in [0.3, 0.4) is 0 Å². The first-order valence-corrected chi connectivity index (χ1v) is 4.48. The molecule has 3 N–H and O–H groups in total. The first-order valence-electron chi connectivity index (χ1n) is 4.48. The number of carbonyl (C=O) groups is 2. The molecule has 0 aliphatic rings. The average Bonchev–Trinajstić information content (AvgIpc) is 2.10. The van der Waals surface area contributed by atoms with E-state index in [9.17, 15) is 22.8 Å². The SMILES string of the molecule is CC(O)C(NC(=O)COCC(F)(F)F)C(=O)O. The number of alkyl halides is 3. The molecule has 0 aliphatic carbocycles. The highest BCUT2D eigenvalue weighted by molar-refractivity contribution is 5.84. The highest BCUT2D eigenvalue weighted by atomic mass is 19.4. The second-order valence-corrected chi connectivity index (χ2v) is 3.23. The van der Waals surface area contributed by atoms with Gasteiger partial charge in [-0.1, -0.05) is 0 Å². The molecule has 100 valence electrons. The fraction of sp³-hybridized carbons (Fsp3) is 0.750. The molecule has 6 nitrogen and oxygen atoms in total. The van der Waals surface area contributed by atoms with Crippen LogP contribution in [-0.2, 0) is 14.3 Å². The number of aliphatic carboxylic acids is 1. The lowest BCUT2D eigenvalue weighted by Crippen LogP contribution is -2.48. The lowest BCUT2D eigenvalue weighted by molar-refractivity contribution is -0.176. The van der Waals surface area contributed by atoms with Crippen molar-refractivity contribution >= 4 is 11.9 Å². The van der Waals surface area contributed by atoms with Crippen molar-refractivity contribution in [3.05, 3.63) is 0 Å². The molecule has 0 saturated heterocycles. The lowest BCUT2D eigenvalue weighted by Gasteiger charge is -2.17. The molecule has 0 saturated carbocycles. The minimum Gasteiger partial charge on any atom is -0.480 e. The Bertz CT molecular complexity index is 279. The highest BCUT2D eigenvalue weighted by Crippen LogP contribution is 2.14. The number of nitrogens with one attached hydrogen (secondary N) is 1. The van der Waals surface area contributed by atoms with Crippen LogP contribution in [0.2, 0.25) is 0 Å². The Morgan fingerprint density at radius 3 is 2.29 bits per heavy atom. The molecular weight excluding hydrogens is 247 g/mol. The van der Waals surface area contributed by atoms with Gasteiger partial charge in [0.05, 0.1) is 6.10 Å². The van der Waals surface area contributed by atoms with E-state index in [0.29, 0.717) is 0 Å². The van der Waals surface area contributed by atoms with Crippen molar-refractivity contribution in [1.82, 2.24) is 5.32 Å². The molecule has 0 bridgehead atoms. The Kier molecular flexibility index (Phi) is 5.89. The van der Waals surface area contributed by atoms with E-state index in [2.05, 4.69) is 4.74 Å².